The molecule has 2 aromatic rings. The van der Waals surface area contributed by atoms with Gasteiger partial charge in [0.15, 0.2) is 5.69 Å². The summed E-state index contributed by atoms with van der Waals surface area (Å²) in [5.74, 6) is 1.03. The maximum Gasteiger partial charge on any atom is 0.271 e. The zero-order chi connectivity index (χ0) is 18.4. The number of fused-ring (bicyclic) bond motifs is 1. The van der Waals surface area contributed by atoms with Crippen molar-refractivity contribution in [1.29, 1.82) is 0 Å². The van der Waals surface area contributed by atoms with Gasteiger partial charge in [-0.15, -0.1) is 0 Å². The summed E-state index contributed by atoms with van der Waals surface area (Å²) < 4.78 is 2.06. The van der Waals surface area contributed by atoms with Crippen LogP contribution < -0.4 is 10.6 Å². The number of thioether (sulfide) groups is 1. The van der Waals surface area contributed by atoms with Crippen LogP contribution in [0.25, 0.3) is 0 Å². The molecule has 26 heavy (non-hydrogen) atoms. The summed E-state index contributed by atoms with van der Waals surface area (Å²) in [5, 5.41) is 11.1. The number of aryl methyl sites for hydroxylation is 2. The Bertz CT molecular complexity index is 729. The van der Waals surface area contributed by atoms with Crippen LogP contribution in [0.5, 0.6) is 0 Å². The molecule has 1 atom stereocenters. The van der Waals surface area contributed by atoms with E-state index in [4.69, 9.17) is 0 Å². The lowest BCUT2D eigenvalue weighted by molar-refractivity contribution is 0.0956. The van der Waals surface area contributed by atoms with E-state index in [-0.39, 0.29) is 5.91 Å². The molecule has 0 saturated carbocycles. The van der Waals surface area contributed by atoms with Crippen molar-refractivity contribution in [3.05, 3.63) is 52.8 Å². The fourth-order valence-electron chi connectivity index (χ4n) is 3.59. The zero-order valence-corrected chi connectivity index (χ0v) is 16.4. The molecule has 1 heterocycles. The van der Waals surface area contributed by atoms with Crippen LogP contribution in [0.15, 0.2) is 30.3 Å². The number of aromatic nitrogens is 2. The summed E-state index contributed by atoms with van der Waals surface area (Å²) in [6, 6.07) is 10.9. The highest BCUT2D eigenvalue weighted by atomic mass is 32.2. The van der Waals surface area contributed by atoms with Gasteiger partial charge in [-0.1, -0.05) is 30.3 Å². The predicted octanol–water partition coefficient (Wildman–Crippen LogP) is 2.30. The van der Waals surface area contributed by atoms with E-state index < -0.39 is 0 Å². The number of hydrogen-bond acceptors (Lipinski definition) is 4. The van der Waals surface area contributed by atoms with Gasteiger partial charge in [-0.3, -0.25) is 9.48 Å². The summed E-state index contributed by atoms with van der Waals surface area (Å²) >= 11 is 1.85. The van der Waals surface area contributed by atoms with E-state index >= 15 is 0 Å². The Labute approximate surface area is 159 Å². The fraction of sp³-hybridized carbons (Fsp3) is 0.500. The van der Waals surface area contributed by atoms with Gasteiger partial charge in [0, 0.05) is 43.2 Å². The quantitative estimate of drug-likeness (QED) is 0.698. The van der Waals surface area contributed by atoms with Gasteiger partial charge in [0.25, 0.3) is 5.91 Å². The van der Waals surface area contributed by atoms with Crippen molar-refractivity contribution in [3.63, 3.8) is 0 Å². The van der Waals surface area contributed by atoms with Crippen LogP contribution in [0.4, 0.5) is 0 Å². The highest BCUT2D eigenvalue weighted by molar-refractivity contribution is 7.98. The first-order valence-electron chi connectivity index (χ1n) is 9.29. The fourth-order valence-corrected chi connectivity index (χ4v) is 3.91. The molecule has 2 N–H and O–H groups in total. The minimum Gasteiger partial charge on any atom is -0.354 e. The third-order valence-electron chi connectivity index (χ3n) is 4.98. The molecule has 140 valence electrons. The van der Waals surface area contributed by atoms with Crippen LogP contribution in [0, 0.1) is 0 Å². The number of rotatable bonds is 8. The summed E-state index contributed by atoms with van der Waals surface area (Å²) in [5.41, 5.74) is 4.27. The summed E-state index contributed by atoms with van der Waals surface area (Å²) in [7, 11) is 1.68. The average molecular weight is 373 g/mol. The molecule has 1 unspecified atom stereocenters. The Kier molecular flexibility index (Phi) is 6.74. The topological polar surface area (TPSA) is 59.0 Å². The van der Waals surface area contributed by atoms with Gasteiger partial charge < -0.3 is 10.6 Å². The highest BCUT2D eigenvalue weighted by Gasteiger charge is 2.28. The van der Waals surface area contributed by atoms with Crippen LogP contribution in [0.3, 0.4) is 0 Å². The maximum atomic E-state index is 12.3. The second-order valence-electron chi connectivity index (χ2n) is 6.70. The van der Waals surface area contributed by atoms with Gasteiger partial charge in [-0.05, 0) is 37.5 Å². The van der Waals surface area contributed by atoms with E-state index in [1.54, 1.807) is 7.05 Å². The van der Waals surface area contributed by atoms with Crippen LogP contribution >= 0.6 is 11.8 Å². The van der Waals surface area contributed by atoms with Gasteiger partial charge in [0.05, 0.1) is 0 Å². The Morgan fingerprint density at radius 1 is 1.35 bits per heavy atom. The van der Waals surface area contributed by atoms with Crippen molar-refractivity contribution < 1.29 is 4.79 Å². The van der Waals surface area contributed by atoms with E-state index in [0.717, 1.165) is 50.1 Å². The number of nitrogens with zero attached hydrogens (tertiary/aromatic N) is 2. The van der Waals surface area contributed by atoms with Crippen molar-refractivity contribution in [2.75, 3.05) is 25.6 Å². The molecule has 0 saturated heterocycles. The van der Waals surface area contributed by atoms with E-state index in [2.05, 4.69) is 50.9 Å². The lowest BCUT2D eigenvalue weighted by atomic mass is 9.91. The maximum absolute atomic E-state index is 12.3. The van der Waals surface area contributed by atoms with Crippen LogP contribution in [-0.4, -0.2) is 47.3 Å². The van der Waals surface area contributed by atoms with Gasteiger partial charge >= 0.3 is 0 Å². The average Bonchev–Trinajstić information content (AvgIpc) is 3.05. The molecule has 0 aliphatic heterocycles. The highest BCUT2D eigenvalue weighted by Crippen LogP contribution is 2.25. The van der Waals surface area contributed by atoms with Crippen LogP contribution in [0.1, 0.15) is 33.7 Å². The van der Waals surface area contributed by atoms with Crippen molar-refractivity contribution in [1.82, 2.24) is 20.4 Å². The van der Waals surface area contributed by atoms with Crippen molar-refractivity contribution >= 4 is 17.7 Å². The van der Waals surface area contributed by atoms with E-state index in [0.29, 0.717) is 11.7 Å². The number of amides is 1. The first-order valence-corrected chi connectivity index (χ1v) is 10.7. The van der Waals surface area contributed by atoms with Gasteiger partial charge in [0.2, 0.25) is 0 Å². The Morgan fingerprint density at radius 2 is 2.15 bits per heavy atom. The molecule has 1 aliphatic rings. The van der Waals surface area contributed by atoms with Crippen molar-refractivity contribution in [2.24, 2.45) is 0 Å². The van der Waals surface area contributed by atoms with Crippen LogP contribution in [-0.2, 0) is 25.8 Å². The number of hydrogen-bond donors (Lipinski definition) is 2. The van der Waals surface area contributed by atoms with Crippen molar-refractivity contribution in [2.45, 2.75) is 38.3 Å². The first kappa shape index (κ1) is 19.0. The standard InChI is InChI=1S/C20H28N4OS/c1-21-20(25)19-17-14-16(22-11-13-26-2)8-9-18(17)24(23-19)12-10-15-6-4-3-5-7-15/h3-7,16,22H,8-14H2,1-2H3,(H,21,25). The van der Waals surface area contributed by atoms with Crippen molar-refractivity contribution in [3.8, 4) is 0 Å². The third-order valence-corrected chi connectivity index (χ3v) is 5.60. The van der Waals surface area contributed by atoms with Gasteiger partial charge in [-0.2, -0.15) is 16.9 Å². The molecular formula is C20H28N4OS. The molecule has 0 fully saturated rings. The minimum atomic E-state index is -0.0792. The molecule has 5 nitrogen and oxygen atoms in total. The van der Waals surface area contributed by atoms with E-state index in [9.17, 15) is 4.79 Å². The predicted molar refractivity (Wildman–Crippen MR) is 108 cm³/mol. The minimum absolute atomic E-state index is 0.0792. The molecule has 0 radical (unpaired) electrons. The summed E-state index contributed by atoms with van der Waals surface area (Å²) in [6.45, 7) is 1.83. The molecule has 1 aromatic heterocycles. The molecule has 3 rings (SSSR count). The SMILES string of the molecule is CNC(=O)c1nn(CCc2ccccc2)c2c1CC(NCCSC)CC2. The largest absolute Gasteiger partial charge is 0.354 e. The number of carbonyl (C=O) groups is 1. The molecule has 1 amide bonds. The zero-order valence-electron chi connectivity index (χ0n) is 15.6. The van der Waals surface area contributed by atoms with Gasteiger partial charge in [0.1, 0.15) is 0 Å². The van der Waals surface area contributed by atoms with E-state index in [1.807, 2.05) is 17.8 Å². The Morgan fingerprint density at radius 3 is 2.88 bits per heavy atom. The first-order chi connectivity index (χ1) is 12.7. The molecule has 1 aliphatic carbocycles. The normalized spacial score (nSPS) is 16.3. The monoisotopic (exact) mass is 372 g/mol. The van der Waals surface area contributed by atoms with E-state index in [1.165, 1.54) is 11.3 Å². The second-order valence-corrected chi connectivity index (χ2v) is 7.68. The number of carbonyl (C=O) groups excluding carboxylic acids is 1. The number of benzene rings is 1. The van der Waals surface area contributed by atoms with Gasteiger partial charge in [-0.25, -0.2) is 0 Å². The summed E-state index contributed by atoms with van der Waals surface area (Å²) in [4.78, 5) is 12.3. The summed E-state index contributed by atoms with van der Waals surface area (Å²) in [6.07, 6.45) is 6.02. The number of nitrogens with one attached hydrogen (secondary N) is 2. The third kappa shape index (κ3) is 4.48. The molecule has 0 spiro atoms. The lowest BCUT2D eigenvalue weighted by Gasteiger charge is -2.24. The smallest absolute Gasteiger partial charge is 0.271 e. The Hall–Kier alpha value is -1.79. The Balaban J connectivity index is 1.76. The lowest BCUT2D eigenvalue weighted by Crippen LogP contribution is -2.36. The molecule has 6 heteroatoms. The molecule has 0 bridgehead atoms. The second kappa shape index (κ2) is 9.24. The van der Waals surface area contributed by atoms with Crippen LogP contribution in [0.2, 0.25) is 0 Å². The molecule has 1 aromatic carbocycles. The molecular weight excluding hydrogens is 344 g/mol.